The van der Waals surface area contributed by atoms with Crippen LogP contribution < -0.4 is 14.2 Å². The molecule has 1 saturated heterocycles. The summed E-state index contributed by atoms with van der Waals surface area (Å²) in [7, 11) is 0. The van der Waals surface area contributed by atoms with E-state index in [2.05, 4.69) is 36.3 Å². The van der Waals surface area contributed by atoms with Crippen LogP contribution in [0.25, 0.3) is 0 Å². The van der Waals surface area contributed by atoms with E-state index in [0.717, 1.165) is 47.8 Å². The van der Waals surface area contributed by atoms with Gasteiger partial charge in [0.1, 0.15) is 12.0 Å². The summed E-state index contributed by atoms with van der Waals surface area (Å²) in [6.07, 6.45) is 4.05. The SMILES string of the molecule is CSCCOc1ccc([C@H]2C[C@@H](c3ccc4c(c3C)OCO4)CN2CC=O)cc1. The van der Waals surface area contributed by atoms with Gasteiger partial charge in [-0.05, 0) is 60.4 Å². The highest BCUT2D eigenvalue weighted by Crippen LogP contribution is 2.45. The first kappa shape index (κ1) is 20.1. The average Bonchev–Trinajstić information content (AvgIpc) is 3.37. The monoisotopic (exact) mass is 413 g/mol. The Labute approximate surface area is 176 Å². The molecule has 1 fully saturated rings. The minimum absolute atomic E-state index is 0.218. The van der Waals surface area contributed by atoms with Crippen molar-refractivity contribution in [1.82, 2.24) is 4.90 Å². The van der Waals surface area contributed by atoms with Gasteiger partial charge >= 0.3 is 0 Å². The summed E-state index contributed by atoms with van der Waals surface area (Å²) in [6.45, 7) is 4.40. The molecule has 0 radical (unpaired) electrons. The zero-order chi connectivity index (χ0) is 20.2. The quantitative estimate of drug-likeness (QED) is 0.478. The first-order valence-corrected chi connectivity index (χ1v) is 11.4. The van der Waals surface area contributed by atoms with E-state index in [4.69, 9.17) is 14.2 Å². The van der Waals surface area contributed by atoms with Crippen LogP contribution in [-0.4, -0.2) is 49.7 Å². The molecule has 0 unspecified atom stereocenters. The summed E-state index contributed by atoms with van der Waals surface area (Å²) in [5.74, 6) is 3.91. The molecule has 29 heavy (non-hydrogen) atoms. The third-order valence-electron chi connectivity index (χ3n) is 5.80. The number of hydrogen-bond acceptors (Lipinski definition) is 6. The van der Waals surface area contributed by atoms with Gasteiger partial charge in [0.15, 0.2) is 11.5 Å². The molecule has 0 saturated carbocycles. The molecule has 154 valence electrons. The summed E-state index contributed by atoms with van der Waals surface area (Å²) in [6, 6.07) is 12.7. The van der Waals surface area contributed by atoms with Crippen molar-refractivity contribution in [2.24, 2.45) is 0 Å². The molecule has 0 aromatic heterocycles. The maximum Gasteiger partial charge on any atom is 0.231 e. The van der Waals surface area contributed by atoms with Crippen molar-refractivity contribution in [1.29, 1.82) is 0 Å². The fraction of sp³-hybridized carbons (Fsp3) is 0.435. The molecule has 0 amide bonds. The second-order valence-corrected chi connectivity index (χ2v) is 8.48. The lowest BCUT2D eigenvalue weighted by Gasteiger charge is -2.22. The molecule has 0 aliphatic carbocycles. The lowest BCUT2D eigenvalue weighted by molar-refractivity contribution is -0.109. The van der Waals surface area contributed by atoms with Gasteiger partial charge in [-0.2, -0.15) is 11.8 Å². The van der Waals surface area contributed by atoms with Crippen molar-refractivity contribution in [2.45, 2.75) is 25.3 Å². The van der Waals surface area contributed by atoms with E-state index in [0.29, 0.717) is 19.1 Å². The number of fused-ring (bicyclic) bond motifs is 1. The number of aldehydes is 1. The van der Waals surface area contributed by atoms with E-state index in [1.165, 1.54) is 11.1 Å². The summed E-state index contributed by atoms with van der Waals surface area (Å²) in [4.78, 5) is 13.6. The third-order valence-corrected chi connectivity index (χ3v) is 6.38. The maximum atomic E-state index is 11.3. The van der Waals surface area contributed by atoms with Gasteiger partial charge in [-0.25, -0.2) is 0 Å². The Balaban J connectivity index is 1.52. The standard InChI is InChI=1S/C23H27NO4S/c1-16-20(7-8-22-23(16)28-15-27-22)18-13-21(24(14-18)9-10-25)17-3-5-19(6-4-17)26-11-12-29-2/h3-8,10,18,21H,9,11-15H2,1-2H3/t18-,21-/m1/s1. The van der Waals surface area contributed by atoms with Gasteiger partial charge < -0.3 is 19.0 Å². The van der Waals surface area contributed by atoms with Crippen molar-refractivity contribution in [2.75, 3.05) is 38.5 Å². The highest BCUT2D eigenvalue weighted by atomic mass is 32.2. The Morgan fingerprint density at radius 2 is 2.03 bits per heavy atom. The molecule has 0 N–H and O–H groups in total. The topological polar surface area (TPSA) is 48.0 Å². The van der Waals surface area contributed by atoms with Crippen molar-refractivity contribution in [3.8, 4) is 17.2 Å². The smallest absolute Gasteiger partial charge is 0.231 e. The van der Waals surface area contributed by atoms with Crippen LogP contribution in [0.5, 0.6) is 17.2 Å². The van der Waals surface area contributed by atoms with Crippen LogP contribution in [0.4, 0.5) is 0 Å². The van der Waals surface area contributed by atoms with Crippen LogP contribution in [0.3, 0.4) is 0 Å². The Morgan fingerprint density at radius 1 is 1.21 bits per heavy atom. The molecule has 0 spiro atoms. The normalized spacial score (nSPS) is 20.8. The Hall–Kier alpha value is -2.18. The maximum absolute atomic E-state index is 11.3. The van der Waals surface area contributed by atoms with Gasteiger partial charge in [-0.3, -0.25) is 4.90 Å². The first-order valence-electron chi connectivity index (χ1n) is 9.99. The van der Waals surface area contributed by atoms with Gasteiger partial charge in [0.05, 0.1) is 13.2 Å². The molecule has 2 heterocycles. The predicted octanol–water partition coefficient (Wildman–Crippen LogP) is 4.20. The number of ether oxygens (including phenoxy) is 3. The van der Waals surface area contributed by atoms with Crippen molar-refractivity contribution in [3.05, 3.63) is 53.1 Å². The Bertz CT molecular complexity index is 855. The number of rotatable bonds is 8. The summed E-state index contributed by atoms with van der Waals surface area (Å²) >= 11 is 1.78. The number of benzene rings is 2. The Kier molecular flexibility index (Phi) is 6.31. The van der Waals surface area contributed by atoms with E-state index in [1.54, 1.807) is 11.8 Å². The number of thioether (sulfide) groups is 1. The van der Waals surface area contributed by atoms with Gasteiger partial charge in [0.2, 0.25) is 6.79 Å². The molecule has 5 nitrogen and oxygen atoms in total. The van der Waals surface area contributed by atoms with Gasteiger partial charge in [-0.1, -0.05) is 18.2 Å². The number of carbonyl (C=O) groups excluding carboxylic acids is 1. The third kappa shape index (κ3) is 4.23. The van der Waals surface area contributed by atoms with Crippen LogP contribution in [0, 0.1) is 6.92 Å². The number of hydrogen-bond donors (Lipinski definition) is 0. The minimum Gasteiger partial charge on any atom is -0.493 e. The van der Waals surface area contributed by atoms with Crippen molar-refractivity contribution in [3.63, 3.8) is 0 Å². The predicted molar refractivity (Wildman–Crippen MR) is 115 cm³/mol. The van der Waals surface area contributed by atoms with Crippen molar-refractivity contribution >= 4 is 18.0 Å². The van der Waals surface area contributed by atoms with Crippen LogP contribution in [0.15, 0.2) is 36.4 Å². The molecule has 2 aliphatic heterocycles. The van der Waals surface area contributed by atoms with Gasteiger partial charge in [-0.15, -0.1) is 0 Å². The zero-order valence-electron chi connectivity index (χ0n) is 16.9. The van der Waals surface area contributed by atoms with E-state index in [1.807, 2.05) is 18.2 Å². The molecule has 4 rings (SSSR count). The van der Waals surface area contributed by atoms with Crippen LogP contribution in [-0.2, 0) is 4.79 Å². The fourth-order valence-corrected chi connectivity index (χ4v) is 4.62. The molecular weight excluding hydrogens is 386 g/mol. The molecule has 2 aliphatic rings. The minimum atomic E-state index is 0.218. The van der Waals surface area contributed by atoms with E-state index < -0.39 is 0 Å². The van der Waals surface area contributed by atoms with E-state index in [9.17, 15) is 4.79 Å². The van der Waals surface area contributed by atoms with Crippen molar-refractivity contribution < 1.29 is 19.0 Å². The van der Waals surface area contributed by atoms with Crippen LogP contribution in [0.1, 0.15) is 35.1 Å². The lowest BCUT2D eigenvalue weighted by atomic mass is 9.90. The average molecular weight is 414 g/mol. The molecule has 0 bridgehead atoms. The lowest BCUT2D eigenvalue weighted by Crippen LogP contribution is -2.25. The highest BCUT2D eigenvalue weighted by Gasteiger charge is 2.35. The number of nitrogens with zero attached hydrogens (tertiary/aromatic N) is 1. The van der Waals surface area contributed by atoms with E-state index >= 15 is 0 Å². The largest absolute Gasteiger partial charge is 0.493 e. The zero-order valence-corrected chi connectivity index (χ0v) is 17.7. The molecule has 2 aromatic rings. The highest BCUT2D eigenvalue weighted by molar-refractivity contribution is 7.98. The summed E-state index contributed by atoms with van der Waals surface area (Å²) in [5, 5.41) is 0. The molecule has 2 atom stereocenters. The van der Waals surface area contributed by atoms with Crippen LogP contribution >= 0.6 is 11.8 Å². The molecule has 6 heteroatoms. The first-order chi connectivity index (χ1) is 14.2. The van der Waals surface area contributed by atoms with Crippen LogP contribution in [0.2, 0.25) is 0 Å². The molecule has 2 aromatic carbocycles. The summed E-state index contributed by atoms with van der Waals surface area (Å²) < 4.78 is 16.9. The number of likely N-dealkylation sites (tertiary alicyclic amines) is 1. The summed E-state index contributed by atoms with van der Waals surface area (Å²) in [5.41, 5.74) is 3.66. The second kappa shape index (κ2) is 9.09. The Morgan fingerprint density at radius 3 is 2.79 bits per heavy atom. The second-order valence-electron chi connectivity index (χ2n) is 7.49. The van der Waals surface area contributed by atoms with E-state index in [-0.39, 0.29) is 12.8 Å². The van der Waals surface area contributed by atoms with Gasteiger partial charge in [0, 0.05) is 18.3 Å². The number of carbonyl (C=O) groups is 1. The van der Waals surface area contributed by atoms with Gasteiger partial charge in [0.25, 0.3) is 0 Å². The fourth-order valence-electron chi connectivity index (χ4n) is 4.37. The molecular formula is C23H27NO4S.